The molecule has 0 aliphatic carbocycles. The van der Waals surface area contributed by atoms with E-state index in [0.717, 1.165) is 15.6 Å². The first-order chi connectivity index (χ1) is 11.6. The molecule has 0 spiro atoms. The molecular weight excluding hydrogens is 374 g/mol. The van der Waals surface area contributed by atoms with Crippen LogP contribution in [-0.4, -0.2) is 26.1 Å². The highest BCUT2D eigenvalue weighted by molar-refractivity contribution is 9.10. The number of rotatable bonds is 4. The van der Waals surface area contributed by atoms with Crippen molar-refractivity contribution in [2.24, 2.45) is 4.99 Å². The van der Waals surface area contributed by atoms with Gasteiger partial charge >= 0.3 is 5.97 Å². The Bertz CT molecular complexity index is 844. The molecule has 1 aliphatic rings. The number of carbonyl (C=O) groups excluding carboxylic acids is 1. The number of halogens is 1. The van der Waals surface area contributed by atoms with Crippen LogP contribution in [0.3, 0.4) is 0 Å². The summed E-state index contributed by atoms with van der Waals surface area (Å²) in [5.74, 6) is 0.958. The minimum Gasteiger partial charge on any atom is -0.493 e. The van der Waals surface area contributed by atoms with Crippen LogP contribution in [0.4, 0.5) is 0 Å². The molecule has 5 nitrogen and oxygen atoms in total. The van der Waals surface area contributed by atoms with E-state index in [9.17, 15) is 4.79 Å². The molecule has 24 heavy (non-hydrogen) atoms. The minimum absolute atomic E-state index is 0.224. The van der Waals surface area contributed by atoms with Gasteiger partial charge in [-0.3, -0.25) is 0 Å². The van der Waals surface area contributed by atoms with Gasteiger partial charge in [0, 0.05) is 10.0 Å². The van der Waals surface area contributed by atoms with E-state index in [-0.39, 0.29) is 5.70 Å². The molecule has 2 aromatic carbocycles. The number of hydrogen-bond donors (Lipinski definition) is 0. The van der Waals surface area contributed by atoms with Crippen LogP contribution >= 0.6 is 15.9 Å². The molecule has 0 fully saturated rings. The van der Waals surface area contributed by atoms with Crippen molar-refractivity contribution >= 4 is 33.9 Å². The zero-order chi connectivity index (χ0) is 17.1. The van der Waals surface area contributed by atoms with E-state index in [0.29, 0.717) is 17.4 Å². The first-order valence-corrected chi connectivity index (χ1v) is 7.91. The second kappa shape index (κ2) is 6.88. The lowest BCUT2D eigenvalue weighted by atomic mass is 10.1. The van der Waals surface area contributed by atoms with Crippen LogP contribution < -0.4 is 9.47 Å². The average molecular weight is 388 g/mol. The summed E-state index contributed by atoms with van der Waals surface area (Å²) in [4.78, 5) is 16.4. The normalized spacial score (nSPS) is 15.2. The molecule has 0 saturated heterocycles. The van der Waals surface area contributed by atoms with Crippen LogP contribution in [0, 0.1) is 0 Å². The topological polar surface area (TPSA) is 57.1 Å². The van der Waals surface area contributed by atoms with Crippen molar-refractivity contribution in [3.63, 3.8) is 0 Å². The SMILES string of the molecule is COc1cc(Br)c(/C=C2\N=C(c3ccccc3)OC2=O)cc1OC. The van der Waals surface area contributed by atoms with Gasteiger partial charge < -0.3 is 14.2 Å². The second-order valence-electron chi connectivity index (χ2n) is 4.93. The lowest BCUT2D eigenvalue weighted by molar-refractivity contribution is -0.129. The summed E-state index contributed by atoms with van der Waals surface area (Å²) in [6.07, 6.45) is 1.64. The van der Waals surface area contributed by atoms with Crippen LogP contribution in [0.2, 0.25) is 0 Å². The number of methoxy groups -OCH3 is 2. The lowest BCUT2D eigenvalue weighted by Gasteiger charge is -2.09. The molecule has 0 aromatic heterocycles. The van der Waals surface area contributed by atoms with E-state index >= 15 is 0 Å². The van der Waals surface area contributed by atoms with Gasteiger partial charge in [-0.15, -0.1) is 0 Å². The number of benzene rings is 2. The highest BCUT2D eigenvalue weighted by Crippen LogP contribution is 2.34. The predicted octanol–water partition coefficient (Wildman–Crippen LogP) is 3.81. The summed E-state index contributed by atoms with van der Waals surface area (Å²) in [5, 5.41) is 0. The summed E-state index contributed by atoms with van der Waals surface area (Å²) < 4.78 is 16.5. The largest absolute Gasteiger partial charge is 0.493 e. The average Bonchev–Trinajstić information content (AvgIpc) is 2.97. The summed E-state index contributed by atoms with van der Waals surface area (Å²) in [6, 6.07) is 12.8. The van der Waals surface area contributed by atoms with Crippen molar-refractivity contribution in [3.05, 3.63) is 63.8 Å². The van der Waals surface area contributed by atoms with Gasteiger partial charge in [-0.1, -0.05) is 34.1 Å². The van der Waals surface area contributed by atoms with Crippen LogP contribution in [0.1, 0.15) is 11.1 Å². The highest BCUT2D eigenvalue weighted by Gasteiger charge is 2.24. The summed E-state index contributed by atoms with van der Waals surface area (Å²) in [5.41, 5.74) is 1.71. The van der Waals surface area contributed by atoms with Crippen molar-refractivity contribution in [3.8, 4) is 11.5 Å². The molecule has 0 bridgehead atoms. The number of carbonyl (C=O) groups is 1. The van der Waals surface area contributed by atoms with E-state index in [1.807, 2.05) is 30.3 Å². The van der Waals surface area contributed by atoms with E-state index < -0.39 is 5.97 Å². The predicted molar refractivity (Wildman–Crippen MR) is 94.3 cm³/mol. The van der Waals surface area contributed by atoms with Gasteiger partial charge in [-0.25, -0.2) is 9.79 Å². The van der Waals surface area contributed by atoms with Crippen molar-refractivity contribution in [2.75, 3.05) is 14.2 Å². The maximum absolute atomic E-state index is 12.1. The van der Waals surface area contributed by atoms with Crippen molar-refractivity contribution < 1.29 is 19.0 Å². The minimum atomic E-state index is -0.490. The molecule has 3 rings (SSSR count). The number of hydrogen-bond acceptors (Lipinski definition) is 5. The molecular formula is C18H14BrNO4. The fourth-order valence-corrected chi connectivity index (χ4v) is 2.68. The molecule has 0 atom stereocenters. The van der Waals surface area contributed by atoms with E-state index in [1.54, 1.807) is 32.4 Å². The number of ether oxygens (including phenoxy) is 3. The monoisotopic (exact) mass is 387 g/mol. The number of aliphatic imine (C=N–C) groups is 1. The van der Waals surface area contributed by atoms with Crippen LogP contribution in [0.5, 0.6) is 11.5 Å². The van der Waals surface area contributed by atoms with Gasteiger partial charge in [0.15, 0.2) is 17.2 Å². The fraction of sp³-hybridized carbons (Fsp3) is 0.111. The standard InChI is InChI=1S/C18H14BrNO4/c1-22-15-9-12(13(19)10-16(15)23-2)8-14-18(21)24-17(20-14)11-6-4-3-5-7-11/h3-10H,1-2H3/b14-8-. The quantitative estimate of drug-likeness (QED) is 0.591. The fourth-order valence-electron chi connectivity index (χ4n) is 2.24. The number of nitrogens with zero attached hydrogens (tertiary/aromatic N) is 1. The molecule has 0 radical (unpaired) electrons. The van der Waals surface area contributed by atoms with E-state index in [1.165, 1.54) is 0 Å². The smallest absolute Gasteiger partial charge is 0.363 e. The van der Waals surface area contributed by atoms with Crippen LogP contribution in [-0.2, 0) is 9.53 Å². The summed E-state index contributed by atoms with van der Waals surface area (Å²) >= 11 is 3.46. The number of esters is 1. The van der Waals surface area contributed by atoms with Crippen LogP contribution in [0.25, 0.3) is 6.08 Å². The van der Waals surface area contributed by atoms with Gasteiger partial charge in [0.25, 0.3) is 0 Å². The third-order valence-electron chi connectivity index (χ3n) is 3.44. The summed E-state index contributed by atoms with van der Waals surface area (Å²) in [6.45, 7) is 0. The Morgan fingerprint density at radius 3 is 2.42 bits per heavy atom. The highest BCUT2D eigenvalue weighted by atomic mass is 79.9. The third-order valence-corrected chi connectivity index (χ3v) is 4.12. The third kappa shape index (κ3) is 3.19. The second-order valence-corrected chi connectivity index (χ2v) is 5.79. The first kappa shape index (κ1) is 16.3. The Hall–Kier alpha value is -2.60. The maximum Gasteiger partial charge on any atom is 0.363 e. The molecule has 0 amide bonds. The van der Waals surface area contributed by atoms with Gasteiger partial charge in [0.1, 0.15) is 0 Å². The Balaban J connectivity index is 1.99. The Kier molecular flexibility index (Phi) is 4.66. The Morgan fingerprint density at radius 2 is 1.75 bits per heavy atom. The molecule has 0 unspecified atom stereocenters. The van der Waals surface area contributed by atoms with Gasteiger partial charge in [0.05, 0.1) is 14.2 Å². The van der Waals surface area contributed by atoms with Gasteiger partial charge in [0.2, 0.25) is 5.90 Å². The molecule has 6 heteroatoms. The molecule has 1 aliphatic heterocycles. The molecule has 0 N–H and O–H groups in total. The van der Waals surface area contributed by atoms with E-state index in [2.05, 4.69) is 20.9 Å². The molecule has 2 aromatic rings. The van der Waals surface area contributed by atoms with Crippen molar-refractivity contribution in [2.45, 2.75) is 0 Å². The zero-order valence-corrected chi connectivity index (χ0v) is 14.7. The molecule has 122 valence electrons. The van der Waals surface area contributed by atoms with Crippen LogP contribution in [0.15, 0.2) is 57.6 Å². The van der Waals surface area contributed by atoms with Gasteiger partial charge in [-0.05, 0) is 35.9 Å². The molecule has 1 heterocycles. The summed E-state index contributed by atoms with van der Waals surface area (Å²) in [7, 11) is 3.12. The first-order valence-electron chi connectivity index (χ1n) is 7.12. The molecule has 0 saturated carbocycles. The Labute approximate surface area is 147 Å². The van der Waals surface area contributed by atoms with Gasteiger partial charge in [-0.2, -0.15) is 0 Å². The maximum atomic E-state index is 12.1. The lowest BCUT2D eigenvalue weighted by Crippen LogP contribution is -2.05. The van der Waals surface area contributed by atoms with Crippen molar-refractivity contribution in [1.29, 1.82) is 0 Å². The van der Waals surface area contributed by atoms with Crippen molar-refractivity contribution in [1.82, 2.24) is 0 Å². The number of cyclic esters (lactones) is 1. The van der Waals surface area contributed by atoms with E-state index in [4.69, 9.17) is 14.2 Å². The Morgan fingerprint density at radius 1 is 1.08 bits per heavy atom. The zero-order valence-electron chi connectivity index (χ0n) is 13.1.